The van der Waals surface area contributed by atoms with Crippen molar-refractivity contribution in [3.63, 3.8) is 0 Å². The molecule has 0 spiro atoms. The molecule has 0 fully saturated rings. The maximum Gasteiger partial charge on any atom is 0.416 e. The number of carboxylic acid groups (broad SMARTS) is 1. The van der Waals surface area contributed by atoms with Crippen LogP contribution in [0.1, 0.15) is 58.3 Å². The van der Waals surface area contributed by atoms with Crippen LogP contribution in [0.4, 0.5) is 22.0 Å². The molecule has 49 heavy (non-hydrogen) atoms. The van der Waals surface area contributed by atoms with Crippen molar-refractivity contribution in [1.29, 1.82) is 0 Å². The zero-order valence-corrected chi connectivity index (χ0v) is 27.1. The summed E-state index contributed by atoms with van der Waals surface area (Å²) in [6, 6.07) is 8.37. The third kappa shape index (κ3) is 7.51. The van der Waals surface area contributed by atoms with E-state index in [4.69, 9.17) is 4.74 Å². The van der Waals surface area contributed by atoms with Gasteiger partial charge in [0.05, 0.1) is 18.0 Å². The van der Waals surface area contributed by atoms with Crippen LogP contribution in [0.3, 0.4) is 0 Å². The third-order valence-electron chi connectivity index (χ3n) is 8.41. The van der Waals surface area contributed by atoms with Crippen molar-refractivity contribution in [2.75, 3.05) is 20.6 Å². The molecule has 1 aliphatic heterocycles. The molecule has 2 heterocycles. The summed E-state index contributed by atoms with van der Waals surface area (Å²) in [6.45, 7) is 3.67. The van der Waals surface area contributed by atoms with Gasteiger partial charge in [-0.05, 0) is 106 Å². The minimum Gasteiger partial charge on any atom is -0.481 e. The topological polar surface area (TPSA) is 101 Å². The zero-order chi connectivity index (χ0) is 35.8. The summed E-state index contributed by atoms with van der Waals surface area (Å²) >= 11 is 0. The molecule has 13 heteroatoms. The van der Waals surface area contributed by atoms with E-state index in [1.165, 1.54) is 19.1 Å². The number of ether oxygens (including phenoxy) is 1. The average Bonchev–Trinajstić information content (AvgIpc) is 3.00. The molecule has 2 unspecified atom stereocenters. The first-order valence-corrected chi connectivity index (χ1v) is 15.4. The molecule has 4 aromatic rings. The molecule has 1 aromatic heterocycles. The number of aromatic nitrogens is 1. The molecule has 8 nitrogen and oxygen atoms in total. The first-order valence-electron chi connectivity index (χ1n) is 15.4. The number of carboxylic acids is 1. The zero-order valence-electron chi connectivity index (χ0n) is 27.1. The average molecular weight is 684 g/mol. The molecule has 2 N–H and O–H groups in total. The standard InChI is InChI=1S/C36H34F5N3O5/c1-19-7-5-9-29-32(19)22-13-20(2)33(38)25(14-22)28(17-31(46)47)42-35(48)34(24-15-23(49-29)10-11-27(24)37)44-18-21(8-6-12-43(3)4)26(16-30(44)45)36(39,40)41/h5,7,9-11,13-16,18,28,34H,6,8,12,17H2,1-4H3,(H,42,48)(H,46,47). The SMILES string of the molecule is Cc1cc2cc(c1F)C(CC(=O)O)NC(=O)C(n1cc(CCCN(C)C)c(C(F)(F)F)cc1=O)c1cc(ccc1F)Oc1cccc(C)c1-2. The second-order valence-corrected chi connectivity index (χ2v) is 12.4. The molecular formula is C36H34F5N3O5. The lowest BCUT2D eigenvalue weighted by molar-refractivity contribution is -0.139. The fourth-order valence-electron chi connectivity index (χ4n) is 6.14. The second kappa shape index (κ2) is 13.8. The highest BCUT2D eigenvalue weighted by atomic mass is 19.4. The number of rotatable bonds is 7. The molecule has 258 valence electrons. The lowest BCUT2D eigenvalue weighted by Gasteiger charge is -2.26. The predicted molar refractivity (Wildman–Crippen MR) is 172 cm³/mol. The molecule has 5 rings (SSSR count). The fraction of sp³-hybridized carbons (Fsp3) is 0.306. The number of alkyl halides is 3. The van der Waals surface area contributed by atoms with Gasteiger partial charge in [-0.15, -0.1) is 0 Å². The number of carbonyl (C=O) groups is 2. The van der Waals surface area contributed by atoms with E-state index in [1.807, 2.05) is 0 Å². The maximum absolute atomic E-state index is 15.8. The van der Waals surface area contributed by atoms with Gasteiger partial charge in [-0.2, -0.15) is 13.2 Å². The largest absolute Gasteiger partial charge is 0.481 e. The minimum atomic E-state index is -4.91. The summed E-state index contributed by atoms with van der Waals surface area (Å²) in [5.74, 6) is -4.05. The van der Waals surface area contributed by atoms with Crippen LogP contribution in [0.2, 0.25) is 0 Å². The van der Waals surface area contributed by atoms with Crippen molar-refractivity contribution in [1.82, 2.24) is 14.8 Å². The number of fused-ring (bicyclic) bond motifs is 6. The summed E-state index contributed by atoms with van der Waals surface area (Å²) in [7, 11) is 3.49. The lowest BCUT2D eigenvalue weighted by atomic mass is 9.92. The monoisotopic (exact) mass is 683 g/mol. The van der Waals surface area contributed by atoms with Crippen LogP contribution in [0.25, 0.3) is 11.1 Å². The highest BCUT2D eigenvalue weighted by Crippen LogP contribution is 2.40. The Morgan fingerprint density at radius 2 is 1.73 bits per heavy atom. The Balaban J connectivity index is 1.80. The molecule has 0 saturated heterocycles. The van der Waals surface area contributed by atoms with Gasteiger partial charge in [-0.3, -0.25) is 19.0 Å². The summed E-state index contributed by atoms with van der Waals surface area (Å²) in [5, 5.41) is 12.3. The number of amides is 1. The molecule has 3 aromatic carbocycles. The number of halogens is 5. The Hall–Kier alpha value is -5.04. The number of hydrogen-bond donors (Lipinski definition) is 2. The van der Waals surface area contributed by atoms with E-state index < -0.39 is 64.9 Å². The molecule has 0 radical (unpaired) electrons. The van der Waals surface area contributed by atoms with Crippen molar-refractivity contribution >= 4 is 11.9 Å². The van der Waals surface area contributed by atoms with Gasteiger partial charge < -0.3 is 20.1 Å². The van der Waals surface area contributed by atoms with Gasteiger partial charge in [0, 0.05) is 29.0 Å². The number of benzene rings is 3. The predicted octanol–water partition coefficient (Wildman–Crippen LogP) is 6.95. The van der Waals surface area contributed by atoms with Gasteiger partial charge in [-0.25, -0.2) is 8.78 Å². The van der Waals surface area contributed by atoms with Gasteiger partial charge in [0.15, 0.2) is 0 Å². The van der Waals surface area contributed by atoms with E-state index in [1.54, 1.807) is 50.2 Å². The molecule has 0 aliphatic carbocycles. The van der Waals surface area contributed by atoms with E-state index in [2.05, 4.69) is 5.32 Å². The highest BCUT2D eigenvalue weighted by Gasteiger charge is 2.37. The quantitative estimate of drug-likeness (QED) is 0.205. The Morgan fingerprint density at radius 3 is 2.41 bits per heavy atom. The second-order valence-electron chi connectivity index (χ2n) is 12.4. The van der Waals surface area contributed by atoms with Gasteiger partial charge >= 0.3 is 12.1 Å². The summed E-state index contributed by atoms with van der Waals surface area (Å²) in [5.41, 5.74) is -1.60. The van der Waals surface area contributed by atoms with Gasteiger partial charge in [0.2, 0.25) is 5.91 Å². The highest BCUT2D eigenvalue weighted by molar-refractivity contribution is 5.85. The van der Waals surface area contributed by atoms with E-state index in [-0.39, 0.29) is 41.0 Å². The van der Waals surface area contributed by atoms with Crippen LogP contribution in [-0.2, 0) is 22.2 Å². The Morgan fingerprint density at radius 1 is 1.00 bits per heavy atom. The smallest absolute Gasteiger partial charge is 0.416 e. The normalized spacial score (nSPS) is 16.2. The number of aliphatic carboxylic acids is 1. The molecule has 1 aliphatic rings. The van der Waals surface area contributed by atoms with Crippen LogP contribution in [-0.4, -0.2) is 47.1 Å². The number of nitrogens with zero attached hydrogens (tertiary/aromatic N) is 2. The summed E-state index contributed by atoms with van der Waals surface area (Å²) in [6.07, 6.45) is -4.71. The number of carbonyl (C=O) groups excluding carboxylic acids is 1. The fourth-order valence-corrected chi connectivity index (χ4v) is 6.14. The first-order chi connectivity index (χ1) is 23.0. The van der Waals surface area contributed by atoms with E-state index in [0.29, 0.717) is 33.9 Å². The Bertz CT molecular complexity index is 1990. The number of nitrogens with one attached hydrogen (secondary N) is 1. The van der Waals surface area contributed by atoms with Crippen LogP contribution in [0.15, 0.2) is 65.6 Å². The van der Waals surface area contributed by atoms with Crippen molar-refractivity contribution in [3.05, 3.63) is 116 Å². The Labute approximate surface area is 278 Å². The third-order valence-corrected chi connectivity index (χ3v) is 8.41. The van der Waals surface area contributed by atoms with Crippen LogP contribution < -0.4 is 15.6 Å². The van der Waals surface area contributed by atoms with Crippen molar-refractivity contribution in [3.8, 4) is 22.6 Å². The van der Waals surface area contributed by atoms with E-state index in [0.717, 1.165) is 18.3 Å². The minimum absolute atomic E-state index is 0.0348. The van der Waals surface area contributed by atoms with Gasteiger partial charge in [-0.1, -0.05) is 12.1 Å². The Kier molecular flexibility index (Phi) is 9.95. The van der Waals surface area contributed by atoms with Crippen molar-refractivity contribution in [2.45, 2.75) is 51.4 Å². The number of pyridine rings is 1. The first kappa shape index (κ1) is 35.3. The molecule has 4 bridgehead atoms. The van der Waals surface area contributed by atoms with Crippen molar-refractivity contribution in [2.24, 2.45) is 0 Å². The number of hydrogen-bond acceptors (Lipinski definition) is 5. The lowest BCUT2D eigenvalue weighted by Crippen LogP contribution is -2.41. The number of aryl methyl sites for hydroxylation is 3. The molecule has 1 amide bonds. The summed E-state index contributed by atoms with van der Waals surface area (Å²) < 4.78 is 80.9. The van der Waals surface area contributed by atoms with E-state index in [9.17, 15) is 32.7 Å². The summed E-state index contributed by atoms with van der Waals surface area (Å²) in [4.78, 5) is 41.6. The molecular weight excluding hydrogens is 649 g/mol. The molecule has 2 atom stereocenters. The van der Waals surface area contributed by atoms with E-state index >= 15 is 8.78 Å². The van der Waals surface area contributed by atoms with Crippen LogP contribution >= 0.6 is 0 Å². The van der Waals surface area contributed by atoms with Crippen LogP contribution in [0, 0.1) is 25.5 Å². The molecule has 0 saturated carbocycles. The maximum atomic E-state index is 15.8. The van der Waals surface area contributed by atoms with Gasteiger partial charge in [0.25, 0.3) is 5.56 Å². The van der Waals surface area contributed by atoms with Crippen LogP contribution in [0.5, 0.6) is 11.5 Å². The van der Waals surface area contributed by atoms with Crippen molar-refractivity contribution < 1.29 is 41.4 Å². The van der Waals surface area contributed by atoms with Gasteiger partial charge in [0.1, 0.15) is 29.2 Å².